The van der Waals surface area contributed by atoms with Crippen molar-refractivity contribution in [2.45, 2.75) is 32.8 Å². The number of benzene rings is 2. The van der Waals surface area contributed by atoms with E-state index in [9.17, 15) is 4.79 Å². The van der Waals surface area contributed by atoms with Gasteiger partial charge in [-0.3, -0.25) is 0 Å². The van der Waals surface area contributed by atoms with Gasteiger partial charge in [0.15, 0.2) is 0 Å². The Bertz CT molecular complexity index is 632. The lowest BCUT2D eigenvalue weighted by Gasteiger charge is -2.17. The van der Waals surface area contributed by atoms with Crippen molar-refractivity contribution in [3.05, 3.63) is 72.3 Å². The predicted molar refractivity (Wildman–Crippen MR) is 90.6 cm³/mol. The van der Waals surface area contributed by atoms with Gasteiger partial charge in [-0.05, 0) is 43.9 Å². The number of carbonyl (C=O) groups is 1. The Hall–Kier alpha value is -2.35. The van der Waals surface area contributed by atoms with Crippen LogP contribution in [0.25, 0.3) is 11.1 Å². The van der Waals surface area contributed by atoms with Crippen LogP contribution in [0.3, 0.4) is 0 Å². The molecule has 0 aliphatic carbocycles. The Balaban J connectivity index is 1.93. The number of allylic oxidation sites excluding steroid dienone is 1. The molecule has 0 unspecified atom stereocenters. The van der Waals surface area contributed by atoms with Gasteiger partial charge in [0, 0.05) is 6.08 Å². The highest BCUT2D eigenvalue weighted by Gasteiger charge is 2.13. The van der Waals surface area contributed by atoms with Crippen LogP contribution in [0.1, 0.15) is 26.3 Å². The van der Waals surface area contributed by atoms with Gasteiger partial charge < -0.3 is 4.74 Å². The van der Waals surface area contributed by atoms with Crippen molar-refractivity contribution in [2.24, 2.45) is 0 Å². The molecule has 0 aromatic heterocycles. The molecule has 0 N–H and O–H groups in total. The highest BCUT2D eigenvalue weighted by Crippen LogP contribution is 2.19. The molecule has 0 saturated heterocycles. The summed E-state index contributed by atoms with van der Waals surface area (Å²) in [5.41, 5.74) is 3.12. The summed E-state index contributed by atoms with van der Waals surface area (Å²) in [4.78, 5) is 11.6. The van der Waals surface area contributed by atoms with Gasteiger partial charge in [0.05, 0.1) is 0 Å². The Morgan fingerprint density at radius 3 is 2.14 bits per heavy atom. The molecule has 0 aliphatic heterocycles. The molecule has 0 radical (unpaired) electrons. The summed E-state index contributed by atoms with van der Waals surface area (Å²) in [6, 6.07) is 18.6. The van der Waals surface area contributed by atoms with E-state index in [2.05, 4.69) is 36.4 Å². The minimum absolute atomic E-state index is 0.298. The number of ether oxygens (including phenoxy) is 1. The van der Waals surface area contributed by atoms with E-state index >= 15 is 0 Å². The maximum absolute atomic E-state index is 11.6. The summed E-state index contributed by atoms with van der Waals surface area (Å²) < 4.78 is 5.23. The van der Waals surface area contributed by atoms with Crippen LogP contribution in [0.15, 0.2) is 66.7 Å². The molecular weight excluding hydrogens is 272 g/mol. The second-order valence-electron chi connectivity index (χ2n) is 6.20. The number of hydrogen-bond donors (Lipinski definition) is 0. The zero-order valence-corrected chi connectivity index (χ0v) is 13.4. The molecule has 2 nitrogen and oxygen atoms in total. The maximum atomic E-state index is 11.6. The van der Waals surface area contributed by atoms with E-state index in [1.54, 1.807) is 0 Å². The molecular formula is C20H22O2. The molecule has 0 atom stereocenters. The lowest BCUT2D eigenvalue weighted by molar-refractivity contribution is -0.148. The van der Waals surface area contributed by atoms with Crippen LogP contribution in [0.4, 0.5) is 0 Å². The van der Waals surface area contributed by atoms with Crippen molar-refractivity contribution in [1.82, 2.24) is 0 Å². The zero-order valence-electron chi connectivity index (χ0n) is 13.4. The van der Waals surface area contributed by atoms with Crippen LogP contribution < -0.4 is 0 Å². The van der Waals surface area contributed by atoms with Crippen LogP contribution >= 0.6 is 0 Å². The van der Waals surface area contributed by atoms with Crippen molar-refractivity contribution >= 4 is 5.97 Å². The first-order valence-corrected chi connectivity index (χ1v) is 7.48. The average molecular weight is 294 g/mol. The molecule has 0 saturated carbocycles. The SMILES string of the molecule is CC(C)(C)OC(=O)C=CCc1ccc(-c2ccccc2)cc1. The van der Waals surface area contributed by atoms with Crippen LogP contribution in [0, 0.1) is 0 Å². The van der Waals surface area contributed by atoms with Gasteiger partial charge in [-0.1, -0.05) is 60.7 Å². The summed E-state index contributed by atoms with van der Waals surface area (Å²) in [6.07, 6.45) is 4.05. The summed E-state index contributed by atoms with van der Waals surface area (Å²) >= 11 is 0. The number of hydrogen-bond acceptors (Lipinski definition) is 2. The quantitative estimate of drug-likeness (QED) is 0.598. The maximum Gasteiger partial charge on any atom is 0.330 e. The lowest BCUT2D eigenvalue weighted by Crippen LogP contribution is -2.22. The lowest BCUT2D eigenvalue weighted by atomic mass is 10.0. The Labute approximate surface area is 132 Å². The van der Waals surface area contributed by atoms with Crippen LogP contribution in [-0.4, -0.2) is 11.6 Å². The zero-order chi connectivity index (χ0) is 16.0. The van der Waals surface area contributed by atoms with Crippen molar-refractivity contribution in [1.29, 1.82) is 0 Å². The second kappa shape index (κ2) is 7.08. The molecule has 2 heteroatoms. The molecule has 2 aromatic rings. The molecule has 114 valence electrons. The van der Waals surface area contributed by atoms with Crippen molar-refractivity contribution in [2.75, 3.05) is 0 Å². The van der Waals surface area contributed by atoms with E-state index in [0.29, 0.717) is 6.42 Å². The monoisotopic (exact) mass is 294 g/mol. The Morgan fingerprint density at radius 1 is 0.955 bits per heavy atom. The average Bonchev–Trinajstić information content (AvgIpc) is 2.47. The van der Waals surface area contributed by atoms with E-state index < -0.39 is 5.60 Å². The molecule has 0 aliphatic rings. The first kappa shape index (κ1) is 16.0. The Kier molecular flexibility index (Phi) is 5.16. The van der Waals surface area contributed by atoms with E-state index in [1.807, 2.05) is 45.0 Å². The van der Waals surface area contributed by atoms with Gasteiger partial charge in [0.25, 0.3) is 0 Å². The van der Waals surface area contributed by atoms with Gasteiger partial charge >= 0.3 is 5.97 Å². The molecule has 0 bridgehead atoms. The van der Waals surface area contributed by atoms with Crippen LogP contribution in [0.5, 0.6) is 0 Å². The molecule has 0 amide bonds. The smallest absolute Gasteiger partial charge is 0.330 e. The summed E-state index contributed by atoms with van der Waals surface area (Å²) in [6.45, 7) is 5.59. The molecule has 0 fully saturated rings. The molecule has 22 heavy (non-hydrogen) atoms. The minimum Gasteiger partial charge on any atom is -0.457 e. The van der Waals surface area contributed by atoms with Crippen molar-refractivity contribution in [3.8, 4) is 11.1 Å². The summed E-state index contributed by atoms with van der Waals surface area (Å²) in [5, 5.41) is 0. The highest BCUT2D eigenvalue weighted by atomic mass is 16.6. The third-order valence-corrected chi connectivity index (χ3v) is 3.08. The molecule has 0 spiro atoms. The fraction of sp³-hybridized carbons (Fsp3) is 0.250. The van der Waals surface area contributed by atoms with E-state index in [-0.39, 0.29) is 5.97 Å². The van der Waals surface area contributed by atoms with E-state index in [1.165, 1.54) is 22.8 Å². The second-order valence-corrected chi connectivity index (χ2v) is 6.20. The first-order valence-electron chi connectivity index (χ1n) is 7.48. The van der Waals surface area contributed by atoms with Gasteiger partial charge in [-0.2, -0.15) is 0 Å². The largest absolute Gasteiger partial charge is 0.457 e. The molecule has 2 rings (SSSR count). The third kappa shape index (κ3) is 5.21. The van der Waals surface area contributed by atoms with E-state index in [0.717, 1.165) is 0 Å². The predicted octanol–water partition coefficient (Wildman–Crippen LogP) is 4.79. The van der Waals surface area contributed by atoms with Crippen LogP contribution in [0.2, 0.25) is 0 Å². The number of carbonyl (C=O) groups excluding carboxylic acids is 1. The molecule has 0 heterocycles. The first-order chi connectivity index (χ1) is 10.4. The van der Waals surface area contributed by atoms with Gasteiger partial charge in [0.1, 0.15) is 5.60 Å². The Morgan fingerprint density at radius 2 is 1.55 bits per heavy atom. The summed E-state index contributed by atoms with van der Waals surface area (Å²) in [5.74, 6) is -0.298. The van der Waals surface area contributed by atoms with Gasteiger partial charge in [0.2, 0.25) is 0 Å². The fourth-order valence-corrected chi connectivity index (χ4v) is 2.09. The fourth-order valence-electron chi connectivity index (χ4n) is 2.09. The molecule has 2 aromatic carbocycles. The van der Waals surface area contributed by atoms with Crippen molar-refractivity contribution < 1.29 is 9.53 Å². The normalized spacial score (nSPS) is 11.6. The van der Waals surface area contributed by atoms with Crippen molar-refractivity contribution in [3.63, 3.8) is 0 Å². The highest BCUT2D eigenvalue weighted by molar-refractivity contribution is 5.82. The van der Waals surface area contributed by atoms with Crippen LogP contribution in [-0.2, 0) is 16.0 Å². The topological polar surface area (TPSA) is 26.3 Å². The number of rotatable bonds is 4. The summed E-state index contributed by atoms with van der Waals surface area (Å²) in [7, 11) is 0. The van der Waals surface area contributed by atoms with Gasteiger partial charge in [-0.15, -0.1) is 0 Å². The number of esters is 1. The van der Waals surface area contributed by atoms with Gasteiger partial charge in [-0.25, -0.2) is 4.79 Å². The third-order valence-electron chi connectivity index (χ3n) is 3.08. The minimum atomic E-state index is -0.446. The standard InChI is InChI=1S/C20H22O2/c1-20(2,3)22-19(21)11-7-8-16-12-14-18(15-13-16)17-9-5-4-6-10-17/h4-7,9-15H,8H2,1-3H3. The van der Waals surface area contributed by atoms with E-state index in [4.69, 9.17) is 4.74 Å².